The molecule has 3 fully saturated rings. The topological polar surface area (TPSA) is 50.2 Å². The average molecular weight is 259 g/mol. The van der Waals surface area contributed by atoms with Crippen LogP contribution in [-0.2, 0) is 16.1 Å². The second kappa shape index (κ2) is 2.85. The molecule has 6 heteroatoms. The smallest absolute Gasteiger partial charge is 0.309 e. The van der Waals surface area contributed by atoms with Gasteiger partial charge in [0.05, 0.1) is 10.4 Å². The molecule has 2 bridgehead atoms. The van der Waals surface area contributed by atoms with E-state index >= 15 is 0 Å². The molecule has 0 aliphatic heterocycles. The molecule has 3 nitrogen and oxygen atoms in total. The number of hydrogen-bond acceptors (Lipinski definition) is 3. The fourth-order valence-electron chi connectivity index (χ4n) is 2.96. The van der Waals surface area contributed by atoms with Gasteiger partial charge in [-0.25, -0.2) is 4.98 Å². The molecule has 4 rings (SSSR count). The van der Waals surface area contributed by atoms with Crippen molar-refractivity contribution in [1.29, 1.82) is 0 Å². The lowest BCUT2D eigenvalue weighted by Crippen LogP contribution is -2.67. The molecule has 1 heterocycles. The van der Waals surface area contributed by atoms with Crippen molar-refractivity contribution in [3.63, 3.8) is 0 Å². The third-order valence-corrected chi connectivity index (χ3v) is 4.98. The summed E-state index contributed by atoms with van der Waals surface area (Å²) in [6.07, 6.45) is 1.66. The number of halogens is 2. The van der Waals surface area contributed by atoms with Crippen LogP contribution in [0.15, 0.2) is 5.38 Å². The molecule has 0 spiro atoms. The van der Waals surface area contributed by atoms with Crippen molar-refractivity contribution in [3.8, 4) is 0 Å². The van der Waals surface area contributed by atoms with Crippen LogP contribution in [-0.4, -0.2) is 16.1 Å². The van der Waals surface area contributed by atoms with Crippen LogP contribution in [0.1, 0.15) is 36.9 Å². The Labute approximate surface area is 100 Å². The highest BCUT2D eigenvalue weighted by molar-refractivity contribution is 7.09. The zero-order valence-electron chi connectivity index (χ0n) is 9.17. The van der Waals surface area contributed by atoms with Gasteiger partial charge < -0.3 is 5.11 Å². The van der Waals surface area contributed by atoms with Gasteiger partial charge in [0.1, 0.15) is 5.69 Å². The fraction of sp³-hybridized carbons (Fsp3) is 0.636. The molecule has 0 amide bonds. The van der Waals surface area contributed by atoms with Gasteiger partial charge in [-0.15, -0.1) is 11.3 Å². The molecule has 0 radical (unpaired) electrons. The molecule has 3 aliphatic rings. The molecule has 0 unspecified atom stereocenters. The highest BCUT2D eigenvalue weighted by Crippen LogP contribution is 2.74. The summed E-state index contributed by atoms with van der Waals surface area (Å²) < 4.78 is 26.1. The van der Waals surface area contributed by atoms with E-state index in [-0.39, 0.29) is 11.1 Å². The van der Waals surface area contributed by atoms with Gasteiger partial charge in [-0.3, -0.25) is 4.79 Å². The van der Waals surface area contributed by atoms with Crippen LogP contribution in [0.25, 0.3) is 0 Å². The van der Waals surface area contributed by atoms with E-state index in [1.807, 2.05) is 0 Å². The Hall–Kier alpha value is -1.04. The van der Waals surface area contributed by atoms with Crippen molar-refractivity contribution in [3.05, 3.63) is 16.1 Å². The molecule has 17 heavy (non-hydrogen) atoms. The van der Waals surface area contributed by atoms with Gasteiger partial charge in [0, 0.05) is 17.7 Å². The van der Waals surface area contributed by atoms with Crippen LogP contribution in [0.4, 0.5) is 8.78 Å². The van der Waals surface area contributed by atoms with Gasteiger partial charge in [-0.2, -0.15) is 8.78 Å². The van der Waals surface area contributed by atoms with Gasteiger partial charge in [0.2, 0.25) is 0 Å². The predicted octanol–water partition coefficient (Wildman–Crippen LogP) is 2.76. The molecule has 3 saturated carbocycles. The Balaban J connectivity index is 1.81. The van der Waals surface area contributed by atoms with E-state index in [0.717, 1.165) is 6.92 Å². The van der Waals surface area contributed by atoms with E-state index in [2.05, 4.69) is 4.98 Å². The summed E-state index contributed by atoms with van der Waals surface area (Å²) in [4.78, 5) is 14.9. The zero-order valence-corrected chi connectivity index (χ0v) is 9.98. The molecule has 0 saturated heterocycles. The Kier molecular flexibility index (Phi) is 1.86. The molecule has 1 aromatic rings. The first kappa shape index (κ1) is 11.1. The maximum Gasteiger partial charge on any atom is 0.309 e. The van der Waals surface area contributed by atoms with Crippen molar-refractivity contribution < 1.29 is 18.7 Å². The lowest BCUT2D eigenvalue weighted by Gasteiger charge is -2.67. The Morgan fingerprint density at radius 1 is 1.53 bits per heavy atom. The first-order chi connectivity index (χ1) is 7.78. The summed E-state index contributed by atoms with van der Waals surface area (Å²) in [5.41, 5.74) is -1.00. The second-order valence-corrected chi connectivity index (χ2v) is 6.18. The van der Waals surface area contributed by atoms with Gasteiger partial charge in [-0.1, -0.05) is 0 Å². The van der Waals surface area contributed by atoms with Gasteiger partial charge >= 0.3 is 5.97 Å². The van der Waals surface area contributed by atoms with Crippen LogP contribution < -0.4 is 0 Å². The van der Waals surface area contributed by atoms with Crippen LogP contribution in [0, 0.1) is 5.41 Å². The first-order valence-corrected chi connectivity index (χ1v) is 6.23. The van der Waals surface area contributed by atoms with E-state index in [9.17, 15) is 13.6 Å². The minimum atomic E-state index is -2.91. The molecule has 92 valence electrons. The maximum absolute atomic E-state index is 13.0. The minimum absolute atomic E-state index is 0.202. The lowest BCUT2D eigenvalue weighted by atomic mass is 9.35. The maximum atomic E-state index is 13.0. The molecule has 0 atom stereocenters. The average Bonchev–Trinajstić information content (AvgIpc) is 2.45. The largest absolute Gasteiger partial charge is 0.481 e. The Morgan fingerprint density at radius 3 is 2.53 bits per heavy atom. The van der Waals surface area contributed by atoms with E-state index in [4.69, 9.17) is 5.11 Å². The van der Waals surface area contributed by atoms with Crippen molar-refractivity contribution in [1.82, 2.24) is 4.98 Å². The number of hydrogen-bond donors (Lipinski definition) is 1. The van der Waals surface area contributed by atoms with E-state index in [0.29, 0.717) is 24.3 Å². The number of carboxylic acids is 1. The monoisotopic (exact) mass is 259 g/mol. The van der Waals surface area contributed by atoms with Crippen molar-refractivity contribution >= 4 is 17.3 Å². The van der Waals surface area contributed by atoms with Gasteiger partial charge in [0.15, 0.2) is 0 Å². The molecule has 3 aliphatic carbocycles. The summed E-state index contributed by atoms with van der Waals surface area (Å²) in [5, 5.41) is 11.0. The number of rotatable bonds is 3. The van der Waals surface area contributed by atoms with E-state index in [1.54, 1.807) is 0 Å². The van der Waals surface area contributed by atoms with Crippen molar-refractivity contribution in [2.75, 3.05) is 0 Å². The molecule has 0 aromatic carbocycles. The standard InChI is InChI=1S/C11H11F2NO2S/c1-9(12,13)6-2-17-7(14-6)10-3-11(4-10,5-10)8(15)16/h2H,3-5H2,1H3,(H,15,16). The molecule has 1 N–H and O–H groups in total. The van der Waals surface area contributed by atoms with Gasteiger partial charge in [0.25, 0.3) is 5.92 Å². The van der Waals surface area contributed by atoms with Crippen LogP contribution >= 0.6 is 11.3 Å². The predicted molar refractivity (Wildman–Crippen MR) is 57.3 cm³/mol. The highest BCUT2D eigenvalue weighted by Gasteiger charge is 2.73. The number of carboxylic acid groups (broad SMARTS) is 1. The third-order valence-electron chi connectivity index (χ3n) is 3.89. The summed E-state index contributed by atoms with van der Waals surface area (Å²) >= 11 is 1.22. The molecule has 1 aromatic heterocycles. The minimum Gasteiger partial charge on any atom is -0.481 e. The second-order valence-electron chi connectivity index (χ2n) is 5.32. The quantitative estimate of drug-likeness (QED) is 0.908. The SMILES string of the molecule is CC(F)(F)c1csc(C23CC(C(=O)O)(C2)C3)n1. The van der Waals surface area contributed by atoms with Crippen LogP contribution in [0.5, 0.6) is 0 Å². The van der Waals surface area contributed by atoms with Crippen LogP contribution in [0.3, 0.4) is 0 Å². The zero-order chi connectivity index (χ0) is 12.5. The third kappa shape index (κ3) is 1.30. The fourth-order valence-corrected chi connectivity index (χ4v) is 4.06. The van der Waals surface area contributed by atoms with Crippen molar-refractivity contribution in [2.24, 2.45) is 5.41 Å². The highest BCUT2D eigenvalue weighted by atomic mass is 32.1. The van der Waals surface area contributed by atoms with Crippen molar-refractivity contribution in [2.45, 2.75) is 37.5 Å². The number of thiazole rings is 1. The Bertz CT molecular complexity index is 486. The molecular formula is C11H11F2NO2S. The number of carbonyl (C=O) groups is 1. The lowest BCUT2D eigenvalue weighted by molar-refractivity contribution is -0.194. The van der Waals surface area contributed by atoms with Gasteiger partial charge in [-0.05, 0) is 19.3 Å². The number of aromatic nitrogens is 1. The normalized spacial score (nSPS) is 35.0. The number of alkyl halides is 2. The summed E-state index contributed by atoms with van der Waals surface area (Å²) in [5.74, 6) is -3.68. The van der Waals surface area contributed by atoms with E-state index < -0.39 is 17.3 Å². The molecular weight excluding hydrogens is 248 g/mol. The summed E-state index contributed by atoms with van der Waals surface area (Å²) in [6, 6.07) is 0. The van der Waals surface area contributed by atoms with Crippen LogP contribution in [0.2, 0.25) is 0 Å². The Morgan fingerprint density at radius 2 is 2.12 bits per heavy atom. The summed E-state index contributed by atoms with van der Waals surface area (Å²) in [6.45, 7) is 0.826. The summed E-state index contributed by atoms with van der Waals surface area (Å²) in [7, 11) is 0. The number of aliphatic carboxylic acids is 1. The first-order valence-electron chi connectivity index (χ1n) is 5.35. The number of nitrogens with zero attached hydrogens (tertiary/aromatic N) is 1. The van der Waals surface area contributed by atoms with E-state index in [1.165, 1.54) is 16.7 Å².